The average molecular weight is 304 g/mol. The number of aliphatic hydroxyl groups is 2. The third-order valence-corrected chi connectivity index (χ3v) is 7.63. The fourth-order valence-electron chi connectivity index (χ4n) is 6.73. The fraction of sp³-hybridized carbons (Fsp3) is 0.842. The van der Waals surface area contributed by atoms with Crippen molar-refractivity contribution >= 4 is 5.78 Å². The Balaban J connectivity index is 1.73. The van der Waals surface area contributed by atoms with Crippen molar-refractivity contribution in [1.29, 1.82) is 0 Å². The van der Waals surface area contributed by atoms with Gasteiger partial charge in [-0.2, -0.15) is 0 Å². The molecule has 0 amide bonds. The average Bonchev–Trinajstić information content (AvgIpc) is 2.73. The van der Waals surface area contributed by atoms with Crippen LogP contribution in [-0.2, 0) is 4.79 Å². The number of rotatable bonds is 0. The van der Waals surface area contributed by atoms with E-state index in [1.807, 2.05) is 6.08 Å². The smallest absolute Gasteiger partial charge is 0.155 e. The van der Waals surface area contributed by atoms with Crippen molar-refractivity contribution in [3.05, 3.63) is 11.6 Å². The highest BCUT2D eigenvalue weighted by Crippen LogP contribution is 2.65. The third kappa shape index (κ3) is 1.91. The summed E-state index contributed by atoms with van der Waals surface area (Å²) in [5.41, 5.74) is 1.37. The quantitative estimate of drug-likeness (QED) is 0.723. The molecule has 0 radical (unpaired) electrons. The lowest BCUT2D eigenvalue weighted by Crippen LogP contribution is -2.55. The number of carbonyl (C=O) groups excluding carboxylic acids is 1. The first kappa shape index (κ1) is 14.9. The molecule has 3 fully saturated rings. The number of aliphatic hydroxyl groups excluding tert-OH is 2. The van der Waals surface area contributed by atoms with Crippen LogP contribution in [-0.4, -0.2) is 28.2 Å². The Morgan fingerprint density at radius 2 is 1.95 bits per heavy atom. The van der Waals surface area contributed by atoms with Gasteiger partial charge in [0.05, 0.1) is 12.2 Å². The van der Waals surface area contributed by atoms with Gasteiger partial charge in [-0.3, -0.25) is 4.79 Å². The van der Waals surface area contributed by atoms with E-state index in [2.05, 4.69) is 13.8 Å². The van der Waals surface area contributed by atoms with Gasteiger partial charge in [0.1, 0.15) is 0 Å². The van der Waals surface area contributed by atoms with Crippen LogP contribution in [0, 0.1) is 28.6 Å². The second kappa shape index (κ2) is 4.67. The molecule has 4 aliphatic carbocycles. The molecule has 122 valence electrons. The summed E-state index contributed by atoms with van der Waals surface area (Å²) in [6.45, 7) is 4.55. The molecule has 4 rings (SSSR count). The Morgan fingerprint density at radius 1 is 1.18 bits per heavy atom. The fourth-order valence-corrected chi connectivity index (χ4v) is 6.73. The molecule has 0 heterocycles. The van der Waals surface area contributed by atoms with Crippen LogP contribution in [0.4, 0.5) is 0 Å². The largest absolute Gasteiger partial charge is 0.393 e. The first-order chi connectivity index (χ1) is 10.3. The second-order valence-electron chi connectivity index (χ2n) is 8.91. The van der Waals surface area contributed by atoms with Gasteiger partial charge in [0.2, 0.25) is 0 Å². The lowest BCUT2D eigenvalue weighted by Gasteiger charge is -2.59. The van der Waals surface area contributed by atoms with Crippen molar-refractivity contribution < 1.29 is 15.0 Å². The van der Waals surface area contributed by atoms with Crippen molar-refractivity contribution in [2.75, 3.05) is 0 Å². The van der Waals surface area contributed by atoms with E-state index >= 15 is 0 Å². The van der Waals surface area contributed by atoms with Crippen LogP contribution in [0.3, 0.4) is 0 Å². The monoisotopic (exact) mass is 304 g/mol. The second-order valence-corrected chi connectivity index (χ2v) is 8.91. The van der Waals surface area contributed by atoms with E-state index in [4.69, 9.17) is 0 Å². The van der Waals surface area contributed by atoms with E-state index in [1.165, 1.54) is 5.57 Å². The van der Waals surface area contributed by atoms with Crippen molar-refractivity contribution in [3.63, 3.8) is 0 Å². The zero-order valence-electron chi connectivity index (χ0n) is 13.7. The zero-order chi connectivity index (χ0) is 15.7. The van der Waals surface area contributed by atoms with E-state index in [0.717, 1.165) is 38.5 Å². The Morgan fingerprint density at radius 3 is 2.73 bits per heavy atom. The van der Waals surface area contributed by atoms with E-state index in [-0.39, 0.29) is 34.7 Å². The maximum atomic E-state index is 11.8. The molecule has 7 unspecified atom stereocenters. The van der Waals surface area contributed by atoms with Crippen LogP contribution >= 0.6 is 0 Å². The van der Waals surface area contributed by atoms with Crippen LogP contribution < -0.4 is 0 Å². The van der Waals surface area contributed by atoms with Gasteiger partial charge in [0, 0.05) is 6.42 Å². The van der Waals surface area contributed by atoms with Gasteiger partial charge in [0.15, 0.2) is 5.78 Å². The molecule has 0 bridgehead atoms. The summed E-state index contributed by atoms with van der Waals surface area (Å²) in [4.78, 5) is 11.8. The van der Waals surface area contributed by atoms with Gasteiger partial charge < -0.3 is 10.2 Å². The molecule has 0 aromatic heterocycles. The minimum absolute atomic E-state index is 0.00881. The molecule has 0 aromatic rings. The summed E-state index contributed by atoms with van der Waals surface area (Å²) in [6, 6.07) is 0. The maximum Gasteiger partial charge on any atom is 0.155 e. The molecule has 3 heteroatoms. The standard InChI is InChI=1S/C19H28O3/c1-18-9-13(21)8-15(18)14-4-3-11-7-12(20)5-6-19(11,2)17(14)16(22)10-18/h7,13-17,21-22H,3-6,8-10H2,1-2H3. The van der Waals surface area contributed by atoms with Gasteiger partial charge in [-0.25, -0.2) is 0 Å². The summed E-state index contributed by atoms with van der Waals surface area (Å²) < 4.78 is 0. The number of hydrogen-bond donors (Lipinski definition) is 2. The molecule has 0 aliphatic heterocycles. The van der Waals surface area contributed by atoms with Crippen LogP contribution in [0.2, 0.25) is 0 Å². The number of fused-ring (bicyclic) bond motifs is 5. The zero-order valence-corrected chi connectivity index (χ0v) is 13.7. The highest BCUT2D eigenvalue weighted by Gasteiger charge is 2.60. The maximum absolute atomic E-state index is 11.8. The third-order valence-electron chi connectivity index (χ3n) is 7.63. The molecule has 3 saturated carbocycles. The number of ketones is 1. The first-order valence-electron chi connectivity index (χ1n) is 8.93. The van der Waals surface area contributed by atoms with E-state index < -0.39 is 0 Å². The normalized spacial score (nSPS) is 54.3. The van der Waals surface area contributed by atoms with Crippen LogP contribution in [0.5, 0.6) is 0 Å². The Hall–Kier alpha value is -0.670. The molecule has 0 aromatic carbocycles. The lowest BCUT2D eigenvalue weighted by molar-refractivity contribution is -0.127. The molecule has 4 aliphatic rings. The molecular weight excluding hydrogens is 276 g/mol. The predicted octanol–water partition coefficient (Wildman–Crippen LogP) is 2.85. The van der Waals surface area contributed by atoms with Crippen LogP contribution in [0.1, 0.15) is 58.8 Å². The van der Waals surface area contributed by atoms with Gasteiger partial charge in [-0.1, -0.05) is 19.4 Å². The minimum atomic E-state index is -0.293. The van der Waals surface area contributed by atoms with Gasteiger partial charge in [0.25, 0.3) is 0 Å². The summed E-state index contributed by atoms with van der Waals surface area (Å²) in [5.74, 6) is 1.56. The number of allylic oxidation sites excluding steroid dienone is 1. The summed E-state index contributed by atoms with van der Waals surface area (Å²) in [5, 5.41) is 21.2. The van der Waals surface area contributed by atoms with Gasteiger partial charge in [-0.05, 0) is 73.2 Å². The highest BCUT2D eigenvalue weighted by atomic mass is 16.3. The predicted molar refractivity (Wildman–Crippen MR) is 84.1 cm³/mol. The summed E-state index contributed by atoms with van der Waals surface area (Å²) in [7, 11) is 0. The highest BCUT2D eigenvalue weighted by molar-refractivity contribution is 5.91. The SMILES string of the molecule is CC12CC(O)CC1C1CCC3=CC(=O)CCC3(C)C1C(O)C2. The molecular formula is C19H28O3. The molecule has 2 N–H and O–H groups in total. The first-order valence-corrected chi connectivity index (χ1v) is 8.93. The molecule has 22 heavy (non-hydrogen) atoms. The summed E-state index contributed by atoms with van der Waals surface area (Å²) >= 11 is 0. The molecule has 0 saturated heterocycles. The number of carbonyl (C=O) groups is 1. The van der Waals surface area contributed by atoms with E-state index in [1.54, 1.807) is 0 Å². The van der Waals surface area contributed by atoms with Crippen molar-refractivity contribution in [2.24, 2.45) is 28.6 Å². The topological polar surface area (TPSA) is 57.5 Å². The van der Waals surface area contributed by atoms with Crippen molar-refractivity contribution in [1.82, 2.24) is 0 Å². The molecule has 7 atom stereocenters. The van der Waals surface area contributed by atoms with Gasteiger partial charge >= 0.3 is 0 Å². The summed E-state index contributed by atoms with van der Waals surface area (Å²) in [6.07, 6.45) is 7.53. The van der Waals surface area contributed by atoms with Crippen molar-refractivity contribution in [3.8, 4) is 0 Å². The lowest BCUT2D eigenvalue weighted by atomic mass is 9.46. The van der Waals surface area contributed by atoms with E-state index in [9.17, 15) is 15.0 Å². The van der Waals surface area contributed by atoms with Gasteiger partial charge in [-0.15, -0.1) is 0 Å². The van der Waals surface area contributed by atoms with E-state index in [0.29, 0.717) is 18.3 Å². The van der Waals surface area contributed by atoms with Crippen molar-refractivity contribution in [2.45, 2.75) is 71.0 Å². The molecule has 3 nitrogen and oxygen atoms in total. The minimum Gasteiger partial charge on any atom is -0.393 e. The Bertz CT molecular complexity index is 539. The Labute approximate surface area is 132 Å². The van der Waals surface area contributed by atoms with Crippen LogP contribution in [0.25, 0.3) is 0 Å². The Kier molecular flexibility index (Phi) is 3.16. The van der Waals surface area contributed by atoms with Crippen LogP contribution in [0.15, 0.2) is 11.6 Å². The number of hydrogen-bond acceptors (Lipinski definition) is 3. The molecule has 0 spiro atoms.